The Morgan fingerprint density at radius 1 is 0.500 bits per heavy atom. The van der Waals surface area contributed by atoms with Crippen LogP contribution in [0.2, 0.25) is 0 Å². The minimum absolute atomic E-state index is 0.0133. The number of nitrogens with one attached hydrogen (secondary N) is 2. The van der Waals surface area contributed by atoms with Crippen molar-refractivity contribution < 1.29 is 99.3 Å². The van der Waals surface area contributed by atoms with Crippen LogP contribution >= 0.6 is 0 Å². The van der Waals surface area contributed by atoms with Gasteiger partial charge in [0.1, 0.15) is 35.4 Å². The van der Waals surface area contributed by atoms with Gasteiger partial charge in [0.05, 0.1) is 53.8 Å². The summed E-state index contributed by atoms with van der Waals surface area (Å²) in [6, 6.07) is 0.255. The van der Waals surface area contributed by atoms with Gasteiger partial charge in [-0.3, -0.25) is 28.8 Å². The molecule has 568 valence electrons. The first kappa shape index (κ1) is 82.7. The first-order chi connectivity index (χ1) is 48.3. The summed E-state index contributed by atoms with van der Waals surface area (Å²) in [7, 11) is 0. The van der Waals surface area contributed by atoms with Gasteiger partial charge in [-0.25, -0.2) is 17.6 Å². The molecule has 2 amide bonds. The lowest BCUT2D eigenvalue weighted by molar-refractivity contribution is -0.144. The standard InChI is InChI=1S/C38H43F8N3O4.C36H39F8N3O4/c1-7-53-31(51)18-28(33-34(39)25(16-27(35(33)40)38(44,45)46)32-22(5)10-9-21(4)23(32)6)47-36(52)29(15-20(2)3)49-19-24(11-14-48-12-8-13-48)26(17-30(49)50)37(41,42)43;1-18(2)13-27(47-17-22(9-12-46-10-6-11-46)24(15-28(47)48)35(39,40)41)34(51)45-26(16-29(49)50)31-32(37)23(14-25(33(31)38)36(42,43)44)30-20(4)8-7-19(3)21(30)5/h9-10,16-17,19-20,28-29H,7-8,11-15,18H2,1-6H3,(H,47,52);7-8,14-15,17-18,26-27H,6,9-13,16H2,1-5H3,(H,45,51)(H,49,50)/t28-,29?;26-,27?/m00/s1. The fourth-order valence-corrected chi connectivity index (χ4v) is 12.9. The minimum atomic E-state index is -5.37. The Hall–Kier alpha value is -8.54. The molecule has 2 aliphatic heterocycles. The van der Waals surface area contributed by atoms with Crippen molar-refractivity contribution in [2.75, 3.05) is 45.9 Å². The normalized spacial score (nSPS) is 15.0. The number of aliphatic carboxylic acids is 1. The van der Waals surface area contributed by atoms with Crippen molar-refractivity contribution in [1.82, 2.24) is 29.6 Å². The summed E-state index contributed by atoms with van der Waals surface area (Å²) in [5.74, 6) is -13.2. The van der Waals surface area contributed by atoms with Crippen molar-refractivity contribution in [3.8, 4) is 22.3 Å². The molecule has 2 fully saturated rings. The number of carbonyl (C=O) groups is 4. The predicted octanol–water partition coefficient (Wildman–Crippen LogP) is 16.3. The van der Waals surface area contributed by atoms with E-state index >= 15 is 17.6 Å². The smallest absolute Gasteiger partial charge is 0.419 e. The second-order valence-electron chi connectivity index (χ2n) is 27.2. The second kappa shape index (κ2) is 33.3. The molecule has 14 nitrogen and oxygen atoms in total. The highest BCUT2D eigenvalue weighted by Crippen LogP contribution is 2.46. The van der Waals surface area contributed by atoms with Crippen molar-refractivity contribution in [2.24, 2.45) is 11.8 Å². The van der Waals surface area contributed by atoms with Crippen molar-refractivity contribution in [2.45, 2.75) is 176 Å². The Balaban J connectivity index is 0.000000291. The maximum absolute atomic E-state index is 16.7. The lowest BCUT2D eigenvalue weighted by atomic mass is 9.87. The van der Waals surface area contributed by atoms with E-state index in [1.807, 2.05) is 9.80 Å². The summed E-state index contributed by atoms with van der Waals surface area (Å²) in [6.07, 6.45) is -19.8. The van der Waals surface area contributed by atoms with E-state index in [0.717, 1.165) is 34.4 Å². The number of carboxylic acid groups (broad SMARTS) is 1. The summed E-state index contributed by atoms with van der Waals surface area (Å²) in [6.45, 7) is 20.4. The zero-order valence-corrected chi connectivity index (χ0v) is 59.0. The highest BCUT2D eigenvalue weighted by molar-refractivity contribution is 5.84. The number of nitrogens with zero attached hydrogens (tertiary/aromatic N) is 4. The first-order valence-electron chi connectivity index (χ1n) is 33.7. The molecule has 0 aliphatic carbocycles. The molecule has 2 saturated heterocycles. The molecule has 2 unspecified atom stereocenters. The van der Waals surface area contributed by atoms with E-state index in [0.29, 0.717) is 83.8 Å². The number of alkyl halides is 12. The van der Waals surface area contributed by atoms with E-state index in [2.05, 4.69) is 10.6 Å². The maximum Gasteiger partial charge on any atom is 0.419 e. The Morgan fingerprint density at radius 2 is 0.837 bits per heavy atom. The van der Waals surface area contributed by atoms with E-state index < -0.39 is 170 Å². The molecule has 8 rings (SSSR count). The molecule has 2 aliphatic rings. The van der Waals surface area contributed by atoms with Crippen LogP contribution in [0.15, 0.2) is 70.5 Å². The van der Waals surface area contributed by atoms with Crippen LogP contribution in [0.3, 0.4) is 0 Å². The number of hydrogen-bond acceptors (Lipinski definition) is 9. The number of aromatic nitrogens is 2. The van der Waals surface area contributed by atoms with Gasteiger partial charge in [0.2, 0.25) is 11.8 Å². The first-order valence-corrected chi connectivity index (χ1v) is 33.7. The Bertz CT molecular complexity index is 4300. The van der Waals surface area contributed by atoms with Crippen LogP contribution in [0.4, 0.5) is 70.2 Å². The highest BCUT2D eigenvalue weighted by atomic mass is 19.4. The number of pyridine rings is 2. The quantitative estimate of drug-likeness (QED) is 0.0370. The predicted molar refractivity (Wildman–Crippen MR) is 355 cm³/mol. The van der Waals surface area contributed by atoms with Crippen LogP contribution < -0.4 is 21.8 Å². The number of halogens is 16. The number of esters is 1. The molecule has 2 aromatic heterocycles. The van der Waals surface area contributed by atoms with Gasteiger partial charge in [0, 0.05) is 59.9 Å². The molecule has 104 heavy (non-hydrogen) atoms. The highest BCUT2D eigenvalue weighted by Gasteiger charge is 2.44. The molecule has 0 spiro atoms. The fraction of sp³-hybridized carbons (Fsp3) is 0.486. The molecule has 4 heterocycles. The van der Waals surface area contributed by atoms with Crippen LogP contribution in [0.25, 0.3) is 22.3 Å². The van der Waals surface area contributed by atoms with Gasteiger partial charge < -0.3 is 39.4 Å². The molecule has 0 radical (unpaired) electrons. The SMILES string of the molecule is CCOC(=O)C[C@H](NC(=O)C(CC(C)C)n1cc(CCN2CCC2)c(C(F)(F)F)cc1=O)c1c(F)c(-c2c(C)ccc(C)c2C)cc(C(F)(F)F)c1F.Cc1ccc(C)c(-c2cc(C(F)(F)F)c(F)c([C@H](CC(=O)O)NC(=O)C(CC(C)C)n3cc(CCN4CCC4)c(C(F)(F)F)cc3=O)c2F)c1C. The minimum Gasteiger partial charge on any atom is -0.481 e. The summed E-state index contributed by atoms with van der Waals surface area (Å²) in [5, 5.41) is 14.2. The van der Waals surface area contributed by atoms with Crippen molar-refractivity contribution >= 4 is 23.8 Å². The van der Waals surface area contributed by atoms with Crippen molar-refractivity contribution in [1.29, 1.82) is 0 Å². The number of rotatable bonds is 25. The van der Waals surface area contributed by atoms with Gasteiger partial charge in [0.15, 0.2) is 0 Å². The molecule has 30 heteroatoms. The van der Waals surface area contributed by atoms with Crippen LogP contribution in [-0.4, -0.2) is 93.7 Å². The lowest BCUT2D eigenvalue weighted by Gasteiger charge is -2.31. The number of aryl methyl sites for hydroxylation is 4. The molecule has 4 aromatic carbocycles. The van der Waals surface area contributed by atoms with Gasteiger partial charge in [0.25, 0.3) is 11.1 Å². The second-order valence-corrected chi connectivity index (χ2v) is 27.2. The summed E-state index contributed by atoms with van der Waals surface area (Å²) < 4.78 is 242. The molecule has 0 bridgehead atoms. The number of benzene rings is 4. The van der Waals surface area contributed by atoms with Gasteiger partial charge in [-0.2, -0.15) is 52.7 Å². The Kier molecular flexibility index (Phi) is 26.5. The molecular formula is C74H82F16N6O8. The lowest BCUT2D eigenvalue weighted by Crippen LogP contribution is -2.41. The van der Waals surface area contributed by atoms with Crippen LogP contribution in [0.1, 0.15) is 175 Å². The number of ether oxygens (including phenoxy) is 1. The molecular weight excluding hydrogens is 1400 g/mol. The molecule has 6 aromatic rings. The van der Waals surface area contributed by atoms with Crippen LogP contribution in [-0.2, 0) is 61.5 Å². The van der Waals surface area contributed by atoms with E-state index in [4.69, 9.17) is 4.74 Å². The molecule has 0 saturated carbocycles. The largest absolute Gasteiger partial charge is 0.481 e. The average Bonchev–Trinajstić information content (AvgIpc) is 0.663. The maximum atomic E-state index is 16.7. The number of carboxylic acids is 1. The van der Waals surface area contributed by atoms with Crippen molar-refractivity contribution in [3.63, 3.8) is 0 Å². The molecule has 3 N–H and O–H groups in total. The van der Waals surface area contributed by atoms with E-state index in [1.54, 1.807) is 66.7 Å². The third kappa shape index (κ3) is 19.5. The van der Waals surface area contributed by atoms with Crippen LogP contribution in [0.5, 0.6) is 0 Å². The monoisotopic (exact) mass is 1490 g/mol. The number of amides is 2. The molecule has 4 atom stereocenters. The average molecular weight is 1490 g/mol. The zero-order valence-electron chi connectivity index (χ0n) is 59.0. The fourth-order valence-electron chi connectivity index (χ4n) is 12.9. The van der Waals surface area contributed by atoms with Crippen molar-refractivity contribution in [3.05, 3.63) is 183 Å². The Labute approximate surface area is 589 Å². The summed E-state index contributed by atoms with van der Waals surface area (Å²) >= 11 is 0. The third-order valence-corrected chi connectivity index (χ3v) is 18.8. The van der Waals surface area contributed by atoms with Gasteiger partial charge >= 0.3 is 36.6 Å². The zero-order chi connectivity index (χ0) is 77.7. The van der Waals surface area contributed by atoms with E-state index in [9.17, 15) is 86.6 Å². The summed E-state index contributed by atoms with van der Waals surface area (Å²) in [5.41, 5.74) is -10.3. The van der Waals surface area contributed by atoms with E-state index in [1.165, 1.54) is 33.8 Å². The van der Waals surface area contributed by atoms with Crippen LogP contribution in [0, 0.1) is 76.6 Å². The summed E-state index contributed by atoms with van der Waals surface area (Å²) in [4.78, 5) is 83.2. The van der Waals surface area contributed by atoms with Gasteiger partial charge in [-0.15, -0.1) is 0 Å². The van der Waals surface area contributed by atoms with E-state index in [-0.39, 0.29) is 73.6 Å². The Morgan fingerprint density at radius 3 is 1.13 bits per heavy atom. The number of likely N-dealkylation sites (tertiary alicyclic amines) is 2. The van der Waals surface area contributed by atoms with Gasteiger partial charge in [-0.1, -0.05) is 52.0 Å². The third-order valence-electron chi connectivity index (χ3n) is 18.8. The van der Waals surface area contributed by atoms with Gasteiger partial charge in [-0.05, 0) is 193 Å². The number of hydrogen-bond donors (Lipinski definition) is 3. The number of carbonyl (C=O) groups excluding carboxylic acids is 3. The topological polar surface area (TPSA) is 172 Å².